The monoisotopic (exact) mass is 320 g/mol. The van der Waals surface area contributed by atoms with Gasteiger partial charge in [-0.25, -0.2) is 0 Å². The summed E-state index contributed by atoms with van der Waals surface area (Å²) in [5.74, 6) is 2.43. The summed E-state index contributed by atoms with van der Waals surface area (Å²) in [5.41, 5.74) is 0.747. The molecule has 2 N–H and O–H groups in total. The number of methoxy groups -OCH3 is 1. The fourth-order valence-corrected chi connectivity index (χ4v) is 3.11. The third kappa shape index (κ3) is 5.13. The van der Waals surface area contributed by atoms with E-state index in [0.29, 0.717) is 36.4 Å². The second-order valence-electron chi connectivity index (χ2n) is 6.12. The van der Waals surface area contributed by atoms with Gasteiger partial charge in [-0.2, -0.15) is 0 Å². The Balaban J connectivity index is 1.92. The molecular weight excluding hydrogens is 292 g/mol. The largest absolute Gasteiger partial charge is 0.493 e. The highest BCUT2D eigenvalue weighted by Crippen LogP contribution is 2.30. The van der Waals surface area contributed by atoms with Crippen LogP contribution in [0.2, 0.25) is 0 Å². The van der Waals surface area contributed by atoms with Crippen molar-refractivity contribution in [1.29, 1.82) is 0 Å². The van der Waals surface area contributed by atoms with Gasteiger partial charge < -0.3 is 20.1 Å². The summed E-state index contributed by atoms with van der Waals surface area (Å²) in [7, 11) is 1.61. The Morgan fingerprint density at radius 2 is 2.09 bits per heavy atom. The molecule has 1 unspecified atom stereocenters. The first kappa shape index (κ1) is 17.6. The van der Waals surface area contributed by atoms with Crippen LogP contribution < -0.4 is 20.1 Å². The minimum absolute atomic E-state index is 0.0589. The Bertz CT molecular complexity index is 513. The fraction of sp³-hybridized carbons (Fsp3) is 0.611. The maximum absolute atomic E-state index is 12.3. The Hall–Kier alpha value is -1.75. The van der Waals surface area contributed by atoms with Crippen LogP contribution >= 0.6 is 0 Å². The molecule has 0 radical (unpaired) electrons. The first-order valence-electron chi connectivity index (χ1n) is 8.45. The van der Waals surface area contributed by atoms with Gasteiger partial charge in [0.25, 0.3) is 0 Å². The molecule has 1 saturated heterocycles. The predicted molar refractivity (Wildman–Crippen MR) is 92.2 cm³/mol. The zero-order valence-corrected chi connectivity index (χ0v) is 14.4. The summed E-state index contributed by atoms with van der Waals surface area (Å²) in [6.07, 6.45) is 2.87. The molecule has 0 saturated carbocycles. The lowest BCUT2D eigenvalue weighted by atomic mass is 9.84. The summed E-state index contributed by atoms with van der Waals surface area (Å²) in [4.78, 5) is 12.3. The summed E-state index contributed by atoms with van der Waals surface area (Å²) >= 11 is 0. The smallest absolute Gasteiger partial charge is 0.224 e. The van der Waals surface area contributed by atoms with Crippen molar-refractivity contribution in [3.8, 4) is 11.5 Å². The first-order chi connectivity index (χ1) is 11.1. The van der Waals surface area contributed by atoms with E-state index in [2.05, 4.69) is 17.6 Å². The van der Waals surface area contributed by atoms with Crippen LogP contribution in [0.5, 0.6) is 11.5 Å². The lowest BCUT2D eigenvalue weighted by Gasteiger charge is -2.27. The number of benzene rings is 1. The maximum Gasteiger partial charge on any atom is 0.224 e. The molecule has 1 amide bonds. The number of rotatable bonds is 7. The van der Waals surface area contributed by atoms with Crippen molar-refractivity contribution in [2.75, 3.05) is 32.1 Å². The zero-order valence-electron chi connectivity index (χ0n) is 14.4. The molecule has 5 nitrogen and oxygen atoms in total. The number of hydrogen-bond acceptors (Lipinski definition) is 4. The average molecular weight is 320 g/mol. The van der Waals surface area contributed by atoms with E-state index in [-0.39, 0.29) is 5.91 Å². The normalized spacial score (nSPS) is 16.7. The lowest BCUT2D eigenvalue weighted by Crippen LogP contribution is -2.32. The third-order valence-electron chi connectivity index (χ3n) is 4.44. The molecule has 0 aliphatic carbocycles. The van der Waals surface area contributed by atoms with Gasteiger partial charge in [0.2, 0.25) is 5.91 Å². The molecule has 1 fully saturated rings. The molecule has 1 heterocycles. The van der Waals surface area contributed by atoms with Crippen LogP contribution in [-0.2, 0) is 4.79 Å². The van der Waals surface area contributed by atoms with E-state index in [4.69, 9.17) is 9.47 Å². The number of carbonyl (C=O) groups excluding carboxylic acids is 1. The molecular formula is C18H28N2O3. The number of anilines is 1. The van der Waals surface area contributed by atoms with Crippen LogP contribution in [0.25, 0.3) is 0 Å². The molecule has 1 aromatic carbocycles. The van der Waals surface area contributed by atoms with E-state index in [1.807, 2.05) is 25.1 Å². The zero-order chi connectivity index (χ0) is 16.7. The fourth-order valence-electron chi connectivity index (χ4n) is 3.11. The van der Waals surface area contributed by atoms with Crippen LogP contribution in [-0.4, -0.2) is 32.7 Å². The van der Waals surface area contributed by atoms with Crippen LogP contribution in [0.3, 0.4) is 0 Å². The van der Waals surface area contributed by atoms with Crippen LogP contribution in [0.4, 0.5) is 5.69 Å². The van der Waals surface area contributed by atoms with E-state index < -0.39 is 0 Å². The van der Waals surface area contributed by atoms with E-state index in [9.17, 15) is 4.79 Å². The second-order valence-corrected chi connectivity index (χ2v) is 6.12. The minimum atomic E-state index is 0.0589. The van der Waals surface area contributed by atoms with Crippen molar-refractivity contribution in [2.24, 2.45) is 11.8 Å². The van der Waals surface area contributed by atoms with Gasteiger partial charge in [-0.05, 0) is 56.8 Å². The van der Waals surface area contributed by atoms with Crippen molar-refractivity contribution in [3.05, 3.63) is 18.2 Å². The molecule has 0 bridgehead atoms. The molecule has 5 heteroatoms. The van der Waals surface area contributed by atoms with Gasteiger partial charge in [0, 0.05) is 18.2 Å². The van der Waals surface area contributed by atoms with Gasteiger partial charge in [0.05, 0.1) is 13.7 Å². The molecule has 1 aliphatic heterocycles. The molecule has 0 aromatic heterocycles. The summed E-state index contributed by atoms with van der Waals surface area (Å²) in [5, 5.41) is 6.34. The number of piperidine rings is 1. The van der Waals surface area contributed by atoms with Gasteiger partial charge in [-0.1, -0.05) is 6.92 Å². The molecule has 1 atom stereocenters. The second kappa shape index (κ2) is 8.77. The van der Waals surface area contributed by atoms with Gasteiger partial charge in [0.15, 0.2) is 11.5 Å². The summed E-state index contributed by atoms with van der Waals surface area (Å²) in [6, 6.07) is 5.47. The Morgan fingerprint density at radius 3 is 2.74 bits per heavy atom. The van der Waals surface area contributed by atoms with Crippen LogP contribution in [0.15, 0.2) is 18.2 Å². The number of carbonyl (C=O) groups is 1. The van der Waals surface area contributed by atoms with Crippen molar-refractivity contribution >= 4 is 11.6 Å². The van der Waals surface area contributed by atoms with Gasteiger partial charge in [-0.3, -0.25) is 4.79 Å². The SMILES string of the molecule is CCOc1cc(NC(=O)CC(C)C2CCNCC2)ccc1OC. The van der Waals surface area contributed by atoms with Crippen molar-refractivity contribution in [1.82, 2.24) is 5.32 Å². The maximum atomic E-state index is 12.3. The summed E-state index contributed by atoms with van der Waals surface area (Å²) in [6.45, 7) is 6.78. The van der Waals surface area contributed by atoms with Crippen LogP contribution in [0, 0.1) is 11.8 Å². The first-order valence-corrected chi connectivity index (χ1v) is 8.45. The molecule has 1 aromatic rings. The molecule has 1 aliphatic rings. The van der Waals surface area contributed by atoms with Crippen LogP contribution in [0.1, 0.15) is 33.1 Å². The molecule has 2 rings (SSSR count). The summed E-state index contributed by atoms with van der Waals surface area (Å²) < 4.78 is 10.8. The number of amides is 1. The van der Waals surface area contributed by atoms with E-state index in [0.717, 1.165) is 31.6 Å². The Labute approximate surface area is 138 Å². The van der Waals surface area contributed by atoms with E-state index in [1.54, 1.807) is 7.11 Å². The highest BCUT2D eigenvalue weighted by molar-refractivity contribution is 5.91. The van der Waals surface area contributed by atoms with E-state index in [1.165, 1.54) is 0 Å². The predicted octanol–water partition coefficient (Wildman–Crippen LogP) is 3.06. The van der Waals surface area contributed by atoms with E-state index >= 15 is 0 Å². The van der Waals surface area contributed by atoms with Crippen molar-refractivity contribution in [3.63, 3.8) is 0 Å². The standard InChI is InChI=1S/C18H28N2O3/c1-4-23-17-12-15(5-6-16(17)22-3)20-18(21)11-13(2)14-7-9-19-10-8-14/h5-6,12-14,19H,4,7-11H2,1-3H3,(H,20,21). The molecule has 128 valence electrons. The minimum Gasteiger partial charge on any atom is -0.493 e. The Morgan fingerprint density at radius 1 is 1.35 bits per heavy atom. The van der Waals surface area contributed by atoms with Crippen molar-refractivity contribution in [2.45, 2.75) is 33.1 Å². The topological polar surface area (TPSA) is 59.6 Å². The quantitative estimate of drug-likeness (QED) is 0.810. The highest BCUT2D eigenvalue weighted by Gasteiger charge is 2.22. The highest BCUT2D eigenvalue weighted by atomic mass is 16.5. The number of nitrogens with one attached hydrogen (secondary N) is 2. The van der Waals surface area contributed by atoms with Gasteiger partial charge in [0.1, 0.15) is 0 Å². The number of ether oxygens (including phenoxy) is 2. The van der Waals surface area contributed by atoms with Gasteiger partial charge in [-0.15, -0.1) is 0 Å². The average Bonchev–Trinajstić information content (AvgIpc) is 2.56. The lowest BCUT2D eigenvalue weighted by molar-refractivity contribution is -0.117. The molecule has 0 spiro atoms. The molecule has 23 heavy (non-hydrogen) atoms. The third-order valence-corrected chi connectivity index (χ3v) is 4.44. The van der Waals surface area contributed by atoms with Crippen molar-refractivity contribution < 1.29 is 14.3 Å². The number of hydrogen-bond donors (Lipinski definition) is 2. The van der Waals surface area contributed by atoms with Gasteiger partial charge >= 0.3 is 0 Å². The Kier molecular flexibility index (Phi) is 6.71.